The molecule has 3 rings (SSSR count). The van der Waals surface area contributed by atoms with Crippen molar-refractivity contribution in [2.45, 2.75) is 78.1 Å². The second-order valence-electron chi connectivity index (χ2n) is 9.00. The predicted molar refractivity (Wildman–Crippen MR) is 108 cm³/mol. The topological polar surface area (TPSA) is 26.3 Å². The van der Waals surface area contributed by atoms with Crippen molar-refractivity contribution < 1.29 is 22.7 Å². The highest BCUT2D eigenvalue weighted by molar-refractivity contribution is 5.98. The van der Waals surface area contributed by atoms with E-state index in [-0.39, 0.29) is 36.0 Å². The summed E-state index contributed by atoms with van der Waals surface area (Å²) < 4.78 is 46.5. The van der Waals surface area contributed by atoms with Gasteiger partial charge in [0.25, 0.3) is 6.43 Å². The van der Waals surface area contributed by atoms with Gasteiger partial charge >= 0.3 is 0 Å². The van der Waals surface area contributed by atoms with Crippen LogP contribution < -0.4 is 4.74 Å². The molecule has 2 aliphatic rings. The third kappa shape index (κ3) is 5.35. The number of benzene rings is 1. The van der Waals surface area contributed by atoms with Gasteiger partial charge in [0.05, 0.1) is 12.2 Å². The summed E-state index contributed by atoms with van der Waals surface area (Å²) in [5, 5.41) is 0. The van der Waals surface area contributed by atoms with Gasteiger partial charge in [-0.3, -0.25) is 4.79 Å². The monoisotopic (exact) mass is 410 g/mol. The molecule has 0 aromatic heterocycles. The van der Waals surface area contributed by atoms with E-state index in [1.165, 1.54) is 37.8 Å². The summed E-state index contributed by atoms with van der Waals surface area (Å²) in [6.07, 6.45) is 6.63. The molecule has 1 aromatic carbocycles. The molecule has 2 saturated carbocycles. The number of Topliss-reactive ketones (excluding diaryl/α,β-unsaturated/α-hetero) is 1. The SMILES string of the molecule is CCOc1ccc(C(=O)CC2CCC(C3CCC(C)CC3)CC2)c(C(F)F)c1F. The molecule has 0 bridgehead atoms. The van der Waals surface area contributed by atoms with E-state index in [1.807, 2.05) is 0 Å². The maximum atomic E-state index is 14.4. The van der Waals surface area contributed by atoms with E-state index in [1.54, 1.807) is 6.92 Å². The minimum absolute atomic E-state index is 0.177. The van der Waals surface area contributed by atoms with Crippen molar-refractivity contribution in [3.05, 3.63) is 29.1 Å². The molecule has 29 heavy (non-hydrogen) atoms. The third-order valence-corrected chi connectivity index (χ3v) is 7.06. The van der Waals surface area contributed by atoms with E-state index in [4.69, 9.17) is 4.74 Å². The van der Waals surface area contributed by atoms with Gasteiger partial charge in [0.2, 0.25) is 0 Å². The Labute approximate surface area is 172 Å². The average Bonchev–Trinajstić information content (AvgIpc) is 2.70. The van der Waals surface area contributed by atoms with Gasteiger partial charge in [0.15, 0.2) is 17.3 Å². The first kappa shape index (κ1) is 22.2. The quantitative estimate of drug-likeness (QED) is 0.439. The lowest BCUT2D eigenvalue weighted by molar-refractivity contribution is 0.0906. The Morgan fingerprint density at radius 1 is 1.03 bits per heavy atom. The Morgan fingerprint density at radius 3 is 2.17 bits per heavy atom. The van der Waals surface area contributed by atoms with Crippen LogP contribution in [-0.4, -0.2) is 12.4 Å². The van der Waals surface area contributed by atoms with Gasteiger partial charge in [-0.15, -0.1) is 0 Å². The van der Waals surface area contributed by atoms with E-state index in [2.05, 4.69) is 6.92 Å². The summed E-state index contributed by atoms with van der Waals surface area (Å²) in [4.78, 5) is 12.7. The van der Waals surface area contributed by atoms with Crippen LogP contribution in [0.25, 0.3) is 0 Å². The van der Waals surface area contributed by atoms with Crippen LogP contribution in [0.1, 0.15) is 94.0 Å². The summed E-state index contributed by atoms with van der Waals surface area (Å²) in [6.45, 7) is 4.16. The molecule has 5 heteroatoms. The molecule has 1 aromatic rings. The second-order valence-corrected chi connectivity index (χ2v) is 9.00. The molecule has 0 heterocycles. The van der Waals surface area contributed by atoms with Gasteiger partial charge in [0, 0.05) is 12.0 Å². The molecule has 162 valence electrons. The number of hydrogen-bond donors (Lipinski definition) is 0. The van der Waals surface area contributed by atoms with E-state index in [9.17, 15) is 18.0 Å². The number of carbonyl (C=O) groups excluding carboxylic acids is 1. The summed E-state index contributed by atoms with van der Waals surface area (Å²) in [5.74, 6) is 0.906. The Bertz CT molecular complexity index is 688. The zero-order chi connectivity index (χ0) is 21.0. The molecule has 0 saturated heterocycles. The number of alkyl halides is 2. The van der Waals surface area contributed by atoms with E-state index in [0.29, 0.717) is 0 Å². The highest BCUT2D eigenvalue weighted by Gasteiger charge is 2.32. The first-order valence-corrected chi connectivity index (χ1v) is 11.2. The predicted octanol–water partition coefficient (Wildman–Crippen LogP) is 7.37. The molecule has 0 N–H and O–H groups in total. The molecule has 2 nitrogen and oxygen atoms in total. The minimum Gasteiger partial charge on any atom is -0.491 e. The fourth-order valence-electron chi connectivity index (χ4n) is 5.29. The molecule has 0 spiro atoms. The summed E-state index contributed by atoms with van der Waals surface area (Å²) in [7, 11) is 0. The lowest BCUT2D eigenvalue weighted by atomic mass is 9.69. The molecular weight excluding hydrogens is 377 g/mol. The highest BCUT2D eigenvalue weighted by atomic mass is 19.3. The Hall–Kier alpha value is -1.52. The number of hydrogen-bond acceptors (Lipinski definition) is 2. The fraction of sp³-hybridized carbons (Fsp3) is 0.708. The molecule has 0 unspecified atom stereocenters. The third-order valence-electron chi connectivity index (χ3n) is 7.06. The normalized spacial score (nSPS) is 27.8. The van der Waals surface area contributed by atoms with Gasteiger partial charge in [0.1, 0.15) is 0 Å². The molecule has 2 fully saturated rings. The van der Waals surface area contributed by atoms with E-state index >= 15 is 0 Å². The Morgan fingerprint density at radius 2 is 1.62 bits per heavy atom. The molecule has 0 radical (unpaired) electrons. The van der Waals surface area contributed by atoms with Gasteiger partial charge in [-0.2, -0.15) is 0 Å². The standard InChI is InChI=1S/C24H33F3O2/c1-3-29-21-13-12-19(22(23(21)25)24(26)27)20(28)14-16-6-10-18(11-7-16)17-8-4-15(2)5-9-17/h12-13,15-18,24H,3-11,14H2,1-2H3. The summed E-state index contributed by atoms with van der Waals surface area (Å²) in [6, 6.07) is 2.59. The van der Waals surface area contributed by atoms with Crippen molar-refractivity contribution in [1.82, 2.24) is 0 Å². The van der Waals surface area contributed by atoms with Crippen LogP contribution in [0.15, 0.2) is 12.1 Å². The number of ether oxygens (including phenoxy) is 1. The summed E-state index contributed by atoms with van der Waals surface area (Å²) in [5.41, 5.74) is -1.00. The maximum Gasteiger partial charge on any atom is 0.267 e. The zero-order valence-electron chi connectivity index (χ0n) is 17.6. The summed E-state index contributed by atoms with van der Waals surface area (Å²) >= 11 is 0. The van der Waals surface area contributed by atoms with Crippen LogP contribution in [0.3, 0.4) is 0 Å². The van der Waals surface area contributed by atoms with E-state index in [0.717, 1.165) is 43.4 Å². The Balaban J connectivity index is 1.60. The fourth-order valence-corrected chi connectivity index (χ4v) is 5.29. The lowest BCUT2D eigenvalue weighted by Gasteiger charge is -2.37. The number of carbonyl (C=O) groups is 1. The van der Waals surface area contributed by atoms with Crippen molar-refractivity contribution >= 4 is 5.78 Å². The van der Waals surface area contributed by atoms with Gasteiger partial charge in [-0.05, 0) is 81.3 Å². The highest BCUT2D eigenvalue weighted by Crippen LogP contribution is 2.42. The number of ketones is 1. The number of rotatable bonds is 7. The van der Waals surface area contributed by atoms with E-state index < -0.39 is 17.8 Å². The number of halogens is 3. The van der Waals surface area contributed by atoms with Crippen LogP contribution in [-0.2, 0) is 0 Å². The van der Waals surface area contributed by atoms with Crippen molar-refractivity contribution in [2.24, 2.45) is 23.7 Å². The minimum atomic E-state index is -3.04. The second kappa shape index (κ2) is 9.99. The smallest absolute Gasteiger partial charge is 0.267 e. The van der Waals surface area contributed by atoms with Crippen LogP contribution in [0.5, 0.6) is 5.75 Å². The van der Waals surface area contributed by atoms with Crippen LogP contribution in [0, 0.1) is 29.5 Å². The van der Waals surface area contributed by atoms with Gasteiger partial charge in [-0.25, -0.2) is 13.2 Å². The molecule has 0 aliphatic heterocycles. The molecule has 0 amide bonds. The van der Waals surface area contributed by atoms with Gasteiger partial charge < -0.3 is 4.74 Å². The van der Waals surface area contributed by atoms with Crippen molar-refractivity contribution in [2.75, 3.05) is 6.61 Å². The molecular formula is C24H33F3O2. The molecule has 2 aliphatic carbocycles. The van der Waals surface area contributed by atoms with Crippen LogP contribution in [0.4, 0.5) is 13.2 Å². The van der Waals surface area contributed by atoms with Crippen LogP contribution >= 0.6 is 0 Å². The first-order valence-electron chi connectivity index (χ1n) is 11.2. The lowest BCUT2D eigenvalue weighted by Crippen LogP contribution is -2.26. The van der Waals surface area contributed by atoms with Gasteiger partial charge in [-0.1, -0.05) is 19.8 Å². The average molecular weight is 411 g/mol. The van der Waals surface area contributed by atoms with Crippen molar-refractivity contribution in [3.8, 4) is 5.75 Å². The largest absolute Gasteiger partial charge is 0.491 e. The zero-order valence-corrected chi connectivity index (χ0v) is 17.6. The first-order chi connectivity index (χ1) is 13.9. The van der Waals surface area contributed by atoms with Crippen molar-refractivity contribution in [1.29, 1.82) is 0 Å². The molecule has 0 atom stereocenters. The van der Waals surface area contributed by atoms with Crippen LogP contribution in [0.2, 0.25) is 0 Å². The Kier molecular flexibility index (Phi) is 7.64. The van der Waals surface area contributed by atoms with Crippen molar-refractivity contribution in [3.63, 3.8) is 0 Å². The maximum absolute atomic E-state index is 14.4.